The van der Waals surface area contributed by atoms with Gasteiger partial charge >= 0.3 is 5.97 Å². The van der Waals surface area contributed by atoms with E-state index in [2.05, 4.69) is 0 Å². The zero-order valence-corrected chi connectivity index (χ0v) is 13.5. The lowest BCUT2D eigenvalue weighted by Crippen LogP contribution is -2.09. The van der Waals surface area contributed by atoms with Gasteiger partial charge in [0.25, 0.3) is 0 Å². The highest BCUT2D eigenvalue weighted by Gasteiger charge is 2.08. The molecule has 3 nitrogen and oxygen atoms in total. The molecular formula is C18H32O3. The predicted molar refractivity (Wildman–Crippen MR) is 85.2 cm³/mol. The SMILES string of the molecule is O=C1CCCCCCCCCCCCCCOC(=O)CC1. The van der Waals surface area contributed by atoms with Gasteiger partial charge in [0.05, 0.1) is 13.0 Å². The summed E-state index contributed by atoms with van der Waals surface area (Å²) in [6.45, 7) is 0.521. The number of ketones is 1. The quantitative estimate of drug-likeness (QED) is 0.593. The van der Waals surface area contributed by atoms with Crippen LogP contribution in [0.1, 0.15) is 96.3 Å². The van der Waals surface area contributed by atoms with E-state index in [0.29, 0.717) is 19.4 Å². The number of rotatable bonds is 0. The maximum Gasteiger partial charge on any atom is 0.306 e. The Labute approximate surface area is 129 Å². The van der Waals surface area contributed by atoms with Gasteiger partial charge in [-0.05, 0) is 12.8 Å². The van der Waals surface area contributed by atoms with Gasteiger partial charge in [0.1, 0.15) is 5.78 Å². The Balaban J connectivity index is 2.20. The Bertz CT molecular complexity index is 258. The van der Waals surface area contributed by atoms with Crippen molar-refractivity contribution in [3.05, 3.63) is 0 Å². The summed E-state index contributed by atoms with van der Waals surface area (Å²) in [5.74, 6) is 0.00568. The lowest BCUT2D eigenvalue weighted by atomic mass is 10.0. The average Bonchev–Trinajstić information content (AvgIpc) is 2.48. The highest BCUT2D eigenvalue weighted by molar-refractivity contribution is 5.82. The van der Waals surface area contributed by atoms with Crippen molar-refractivity contribution < 1.29 is 14.3 Å². The monoisotopic (exact) mass is 296 g/mol. The van der Waals surface area contributed by atoms with Gasteiger partial charge in [-0.2, -0.15) is 0 Å². The van der Waals surface area contributed by atoms with Crippen LogP contribution in [0.3, 0.4) is 0 Å². The third-order valence-electron chi connectivity index (χ3n) is 4.22. The first-order valence-corrected chi connectivity index (χ1v) is 8.96. The lowest BCUT2D eigenvalue weighted by molar-refractivity contribution is -0.145. The highest BCUT2D eigenvalue weighted by atomic mass is 16.5. The molecule has 122 valence electrons. The number of ether oxygens (including phenoxy) is 1. The van der Waals surface area contributed by atoms with E-state index < -0.39 is 0 Å². The summed E-state index contributed by atoms with van der Waals surface area (Å²) in [7, 11) is 0. The van der Waals surface area contributed by atoms with Crippen LogP contribution in [0.4, 0.5) is 0 Å². The van der Waals surface area contributed by atoms with Crippen molar-refractivity contribution in [2.24, 2.45) is 0 Å². The van der Waals surface area contributed by atoms with Gasteiger partial charge in [-0.25, -0.2) is 0 Å². The van der Waals surface area contributed by atoms with Crippen LogP contribution in [0, 0.1) is 0 Å². The van der Waals surface area contributed by atoms with Crippen LogP contribution in [-0.2, 0) is 14.3 Å². The van der Waals surface area contributed by atoms with Gasteiger partial charge in [0.15, 0.2) is 0 Å². The van der Waals surface area contributed by atoms with E-state index in [1.165, 1.54) is 51.4 Å². The number of carbonyl (C=O) groups excluding carboxylic acids is 2. The van der Waals surface area contributed by atoms with Gasteiger partial charge in [0, 0.05) is 12.8 Å². The summed E-state index contributed by atoms with van der Waals surface area (Å²) in [5, 5.41) is 0. The second-order valence-electron chi connectivity index (χ2n) is 6.25. The fourth-order valence-electron chi connectivity index (χ4n) is 2.82. The number of carbonyl (C=O) groups is 2. The molecule has 3 heteroatoms. The standard InChI is InChI=1S/C18H32O3/c19-17-13-11-9-7-5-3-1-2-4-6-8-10-12-16-21-18(20)15-14-17/h1-16H2. The van der Waals surface area contributed by atoms with Gasteiger partial charge < -0.3 is 4.74 Å². The maximum absolute atomic E-state index is 11.7. The molecular weight excluding hydrogens is 264 g/mol. The van der Waals surface area contributed by atoms with Crippen molar-refractivity contribution in [1.82, 2.24) is 0 Å². The lowest BCUT2D eigenvalue weighted by Gasteiger charge is -2.05. The molecule has 0 radical (unpaired) electrons. The van der Waals surface area contributed by atoms with E-state index in [1.807, 2.05) is 0 Å². The van der Waals surface area contributed by atoms with Crippen molar-refractivity contribution in [1.29, 1.82) is 0 Å². The molecule has 0 spiro atoms. The summed E-state index contributed by atoms with van der Waals surface area (Å²) in [4.78, 5) is 23.2. The summed E-state index contributed by atoms with van der Waals surface area (Å²) in [5.41, 5.74) is 0. The molecule has 1 fully saturated rings. The normalized spacial score (nSPS) is 22.7. The molecule has 21 heavy (non-hydrogen) atoms. The maximum atomic E-state index is 11.7. The first-order valence-electron chi connectivity index (χ1n) is 8.96. The first kappa shape index (κ1) is 18.2. The van der Waals surface area contributed by atoms with Gasteiger partial charge in [-0.15, -0.1) is 0 Å². The number of Topliss-reactive ketones (excluding diaryl/α,β-unsaturated/α-hetero) is 1. The van der Waals surface area contributed by atoms with Crippen molar-refractivity contribution >= 4 is 11.8 Å². The summed E-state index contributed by atoms with van der Waals surface area (Å²) in [6, 6.07) is 0. The Morgan fingerprint density at radius 3 is 1.57 bits per heavy atom. The van der Waals surface area contributed by atoms with Crippen LogP contribution in [0.25, 0.3) is 0 Å². The van der Waals surface area contributed by atoms with Gasteiger partial charge in [-0.3, -0.25) is 9.59 Å². The number of hydrogen-bond acceptors (Lipinski definition) is 3. The minimum absolute atomic E-state index is 0.207. The summed E-state index contributed by atoms with van der Waals surface area (Å²) >= 11 is 0. The number of esters is 1. The van der Waals surface area contributed by atoms with Crippen molar-refractivity contribution in [3.63, 3.8) is 0 Å². The number of cyclic esters (lactones) is 1. The smallest absolute Gasteiger partial charge is 0.306 e. The molecule has 0 atom stereocenters. The molecule has 0 aromatic carbocycles. The molecule has 0 amide bonds. The third kappa shape index (κ3) is 11.5. The zero-order valence-electron chi connectivity index (χ0n) is 13.5. The Kier molecular flexibility index (Phi) is 11.1. The topological polar surface area (TPSA) is 43.4 Å². The van der Waals surface area contributed by atoms with E-state index in [4.69, 9.17) is 4.74 Å². The fraction of sp³-hybridized carbons (Fsp3) is 0.889. The molecule has 1 aliphatic heterocycles. The van der Waals surface area contributed by atoms with Crippen LogP contribution in [0.2, 0.25) is 0 Å². The van der Waals surface area contributed by atoms with E-state index in [0.717, 1.165) is 25.7 Å². The molecule has 0 aromatic heterocycles. The molecule has 1 heterocycles. The van der Waals surface area contributed by atoms with Crippen molar-refractivity contribution in [2.45, 2.75) is 96.3 Å². The van der Waals surface area contributed by atoms with Crippen molar-refractivity contribution in [2.75, 3.05) is 6.61 Å². The Morgan fingerprint density at radius 2 is 1.00 bits per heavy atom. The zero-order chi connectivity index (χ0) is 15.2. The number of hydrogen-bond donors (Lipinski definition) is 0. The molecule has 0 unspecified atom stereocenters. The van der Waals surface area contributed by atoms with Crippen LogP contribution in [0.5, 0.6) is 0 Å². The average molecular weight is 296 g/mol. The molecule has 0 aromatic rings. The van der Waals surface area contributed by atoms with Crippen LogP contribution >= 0.6 is 0 Å². The molecule has 0 bridgehead atoms. The van der Waals surface area contributed by atoms with Gasteiger partial charge in [0.2, 0.25) is 0 Å². The van der Waals surface area contributed by atoms with Crippen LogP contribution in [-0.4, -0.2) is 18.4 Å². The Morgan fingerprint density at radius 1 is 0.524 bits per heavy atom. The van der Waals surface area contributed by atoms with E-state index in [9.17, 15) is 9.59 Å². The molecule has 1 saturated heterocycles. The largest absolute Gasteiger partial charge is 0.466 e. The molecule has 1 aliphatic rings. The second kappa shape index (κ2) is 12.8. The highest BCUT2D eigenvalue weighted by Crippen LogP contribution is 2.13. The van der Waals surface area contributed by atoms with Crippen LogP contribution in [0.15, 0.2) is 0 Å². The van der Waals surface area contributed by atoms with E-state index in [1.54, 1.807) is 0 Å². The fourth-order valence-corrected chi connectivity index (χ4v) is 2.82. The molecule has 0 saturated carbocycles. The minimum Gasteiger partial charge on any atom is -0.466 e. The van der Waals surface area contributed by atoms with E-state index >= 15 is 0 Å². The second-order valence-corrected chi connectivity index (χ2v) is 6.25. The van der Waals surface area contributed by atoms with E-state index in [-0.39, 0.29) is 18.2 Å². The first-order chi connectivity index (χ1) is 10.3. The van der Waals surface area contributed by atoms with Crippen LogP contribution < -0.4 is 0 Å². The molecule has 1 rings (SSSR count). The van der Waals surface area contributed by atoms with Gasteiger partial charge in [-0.1, -0.05) is 64.2 Å². The minimum atomic E-state index is -0.207. The molecule has 0 N–H and O–H groups in total. The Hall–Kier alpha value is -0.860. The van der Waals surface area contributed by atoms with Crippen molar-refractivity contribution in [3.8, 4) is 0 Å². The predicted octanol–water partition coefficient (Wildman–Crippen LogP) is 4.96. The molecule has 0 aliphatic carbocycles. The summed E-state index contributed by atoms with van der Waals surface area (Å²) in [6.07, 6.45) is 16.0. The third-order valence-corrected chi connectivity index (χ3v) is 4.22. The summed E-state index contributed by atoms with van der Waals surface area (Å²) < 4.78 is 5.16.